The molecule has 38 heavy (non-hydrogen) atoms. The van der Waals surface area contributed by atoms with Crippen molar-refractivity contribution in [2.24, 2.45) is 7.05 Å². The van der Waals surface area contributed by atoms with Crippen molar-refractivity contribution in [3.05, 3.63) is 96.2 Å². The highest BCUT2D eigenvalue weighted by molar-refractivity contribution is 5.93. The van der Waals surface area contributed by atoms with Crippen molar-refractivity contribution in [2.75, 3.05) is 5.32 Å². The number of amides is 1. The van der Waals surface area contributed by atoms with Crippen LogP contribution in [-0.4, -0.2) is 26.1 Å². The number of aromatic nitrogens is 3. The highest BCUT2D eigenvalue weighted by Gasteiger charge is 2.23. The molecule has 0 saturated heterocycles. The zero-order valence-corrected chi connectivity index (χ0v) is 21.4. The van der Waals surface area contributed by atoms with E-state index in [2.05, 4.69) is 15.6 Å². The molecular weight excluding hydrogens is 489 g/mol. The van der Waals surface area contributed by atoms with Crippen molar-refractivity contribution < 1.29 is 9.18 Å². The Kier molecular flexibility index (Phi) is 6.48. The van der Waals surface area contributed by atoms with Gasteiger partial charge in [-0.25, -0.2) is 9.18 Å². The Morgan fingerprint density at radius 3 is 2.58 bits per heavy atom. The van der Waals surface area contributed by atoms with Gasteiger partial charge in [-0.15, -0.1) is 0 Å². The second-order valence-electron chi connectivity index (χ2n) is 9.78. The number of rotatable bonds is 7. The number of pyridine rings is 1. The summed E-state index contributed by atoms with van der Waals surface area (Å²) in [5.74, 6) is -0.515. The van der Waals surface area contributed by atoms with E-state index in [0.717, 1.165) is 18.4 Å². The highest BCUT2D eigenvalue weighted by atomic mass is 19.1. The summed E-state index contributed by atoms with van der Waals surface area (Å²) in [4.78, 5) is 54.0. The zero-order chi connectivity index (χ0) is 27.1. The van der Waals surface area contributed by atoms with E-state index in [9.17, 15) is 23.6 Å². The number of halogens is 1. The molecule has 0 atom stereocenters. The van der Waals surface area contributed by atoms with E-state index in [1.54, 1.807) is 38.1 Å². The van der Waals surface area contributed by atoms with Crippen LogP contribution in [0.2, 0.25) is 0 Å². The second-order valence-corrected chi connectivity index (χ2v) is 9.78. The van der Waals surface area contributed by atoms with E-state index >= 15 is 0 Å². The summed E-state index contributed by atoms with van der Waals surface area (Å²) >= 11 is 0. The van der Waals surface area contributed by atoms with Crippen molar-refractivity contribution in [1.29, 1.82) is 0 Å². The average molecular weight is 518 g/mol. The molecule has 0 unspecified atom stereocenters. The number of anilines is 2. The van der Waals surface area contributed by atoms with Gasteiger partial charge in [0.2, 0.25) is 5.91 Å². The predicted molar refractivity (Wildman–Crippen MR) is 144 cm³/mol. The van der Waals surface area contributed by atoms with Crippen molar-refractivity contribution in [1.82, 2.24) is 19.4 Å². The first-order chi connectivity index (χ1) is 18.1. The number of hydrogen-bond acceptors (Lipinski definition) is 5. The smallest absolute Gasteiger partial charge is 0.333 e. The van der Waals surface area contributed by atoms with E-state index in [1.165, 1.54) is 28.3 Å². The number of benzene rings is 2. The molecule has 1 aliphatic rings. The SMILES string of the molecule is Cc1ccc(Nc2c3c(=O)[nH]c(=O)n(-c4cccc(CCC(=O)NC5CC5)c4)c3c(C)c(=O)n2C)c(F)c1. The van der Waals surface area contributed by atoms with Crippen molar-refractivity contribution >= 4 is 28.3 Å². The quantitative estimate of drug-likeness (QED) is 0.348. The number of aryl methyl sites for hydroxylation is 3. The fraction of sp³-hybridized carbons (Fsp3) is 0.286. The Bertz CT molecular complexity index is 1760. The molecule has 4 aromatic rings. The third-order valence-corrected chi connectivity index (χ3v) is 6.79. The van der Waals surface area contributed by atoms with Gasteiger partial charge in [-0.3, -0.25) is 28.5 Å². The summed E-state index contributed by atoms with van der Waals surface area (Å²) in [6.45, 7) is 3.29. The molecule has 1 saturated carbocycles. The van der Waals surface area contributed by atoms with Crippen molar-refractivity contribution in [2.45, 2.75) is 45.6 Å². The van der Waals surface area contributed by atoms with Crippen LogP contribution in [0.5, 0.6) is 0 Å². The molecule has 5 rings (SSSR count). The number of carbonyl (C=O) groups is 1. The number of aromatic amines is 1. The average Bonchev–Trinajstić information content (AvgIpc) is 3.69. The van der Waals surface area contributed by atoms with Gasteiger partial charge in [0.15, 0.2) is 0 Å². The Hall–Kier alpha value is -4.47. The largest absolute Gasteiger partial charge is 0.353 e. The van der Waals surface area contributed by atoms with Gasteiger partial charge in [0.1, 0.15) is 17.0 Å². The lowest BCUT2D eigenvalue weighted by molar-refractivity contribution is -0.121. The number of hydrogen-bond donors (Lipinski definition) is 3. The molecular formula is C28H28FN5O4. The van der Waals surface area contributed by atoms with E-state index < -0.39 is 22.6 Å². The van der Waals surface area contributed by atoms with E-state index in [-0.39, 0.29) is 39.9 Å². The first kappa shape index (κ1) is 25.2. The Morgan fingerprint density at radius 1 is 1.11 bits per heavy atom. The van der Waals surface area contributed by atoms with Gasteiger partial charge in [-0.1, -0.05) is 18.2 Å². The predicted octanol–water partition coefficient (Wildman–Crippen LogP) is 3.09. The number of fused-ring (bicyclic) bond motifs is 1. The van der Waals surface area contributed by atoms with Gasteiger partial charge >= 0.3 is 5.69 Å². The van der Waals surface area contributed by atoms with Crippen molar-refractivity contribution in [3.8, 4) is 5.69 Å². The fourth-order valence-corrected chi connectivity index (χ4v) is 4.61. The Labute approximate surface area is 216 Å². The van der Waals surface area contributed by atoms with E-state index in [0.29, 0.717) is 24.1 Å². The molecule has 10 heteroatoms. The summed E-state index contributed by atoms with van der Waals surface area (Å²) in [5, 5.41) is 5.89. The van der Waals surface area contributed by atoms with Crippen LogP contribution in [0.1, 0.15) is 36.0 Å². The molecule has 1 fully saturated rings. The Balaban J connectivity index is 1.65. The maximum Gasteiger partial charge on any atom is 0.333 e. The third kappa shape index (κ3) is 4.77. The molecule has 0 aliphatic heterocycles. The summed E-state index contributed by atoms with van der Waals surface area (Å²) < 4.78 is 17.2. The van der Waals surface area contributed by atoms with E-state index in [4.69, 9.17) is 0 Å². The number of H-pyrrole nitrogens is 1. The molecule has 2 heterocycles. The molecule has 196 valence electrons. The van der Waals surface area contributed by atoms with Crippen LogP contribution in [0.4, 0.5) is 15.9 Å². The molecule has 2 aromatic heterocycles. The molecule has 0 spiro atoms. The van der Waals surface area contributed by atoms with Gasteiger partial charge in [-0.2, -0.15) is 0 Å². The molecule has 9 nitrogen and oxygen atoms in total. The number of carbonyl (C=O) groups excluding carboxylic acids is 1. The van der Waals surface area contributed by atoms with Gasteiger partial charge in [-0.05, 0) is 68.5 Å². The zero-order valence-electron chi connectivity index (χ0n) is 21.4. The lowest BCUT2D eigenvalue weighted by Crippen LogP contribution is -2.34. The minimum Gasteiger partial charge on any atom is -0.353 e. The molecule has 2 aromatic carbocycles. The van der Waals surface area contributed by atoms with Crippen LogP contribution >= 0.6 is 0 Å². The number of nitrogens with zero attached hydrogens (tertiary/aromatic N) is 2. The van der Waals surface area contributed by atoms with Gasteiger partial charge in [0.25, 0.3) is 11.1 Å². The summed E-state index contributed by atoms with van der Waals surface area (Å²) in [6, 6.07) is 11.9. The molecule has 0 bridgehead atoms. The van der Waals surface area contributed by atoms with Crippen LogP contribution in [-0.2, 0) is 18.3 Å². The Morgan fingerprint density at radius 2 is 1.87 bits per heavy atom. The topological polar surface area (TPSA) is 118 Å². The maximum atomic E-state index is 14.7. The maximum absolute atomic E-state index is 14.7. The number of nitrogens with one attached hydrogen (secondary N) is 3. The molecule has 1 aliphatic carbocycles. The van der Waals surface area contributed by atoms with E-state index in [1.807, 2.05) is 6.07 Å². The fourth-order valence-electron chi connectivity index (χ4n) is 4.61. The lowest BCUT2D eigenvalue weighted by Gasteiger charge is -2.19. The van der Waals surface area contributed by atoms with Crippen LogP contribution in [0.15, 0.2) is 56.8 Å². The van der Waals surface area contributed by atoms with Gasteiger partial charge < -0.3 is 10.6 Å². The van der Waals surface area contributed by atoms with Crippen LogP contribution in [0.25, 0.3) is 16.6 Å². The molecule has 0 radical (unpaired) electrons. The highest BCUT2D eigenvalue weighted by Crippen LogP contribution is 2.27. The van der Waals surface area contributed by atoms with Crippen LogP contribution < -0.4 is 27.4 Å². The van der Waals surface area contributed by atoms with Crippen LogP contribution in [0.3, 0.4) is 0 Å². The first-order valence-electron chi connectivity index (χ1n) is 12.4. The first-order valence-corrected chi connectivity index (χ1v) is 12.4. The molecule has 1 amide bonds. The molecule has 3 N–H and O–H groups in total. The summed E-state index contributed by atoms with van der Waals surface area (Å²) in [7, 11) is 1.48. The third-order valence-electron chi connectivity index (χ3n) is 6.79. The van der Waals surface area contributed by atoms with Crippen LogP contribution in [0, 0.1) is 19.7 Å². The van der Waals surface area contributed by atoms with Gasteiger partial charge in [0, 0.05) is 25.1 Å². The van der Waals surface area contributed by atoms with Gasteiger partial charge in [0.05, 0.1) is 16.9 Å². The second kappa shape index (κ2) is 9.77. The monoisotopic (exact) mass is 517 g/mol. The lowest BCUT2D eigenvalue weighted by atomic mass is 10.1. The minimum atomic E-state index is -0.713. The summed E-state index contributed by atoms with van der Waals surface area (Å²) in [5.41, 5.74) is 0.500. The van der Waals surface area contributed by atoms with Crippen molar-refractivity contribution in [3.63, 3.8) is 0 Å². The standard InChI is InChI=1S/C28H28FN5O4/c1-15-7-11-21(20(29)13-15)31-25-23-24(16(2)27(37)33(25)3)34(28(38)32-26(23)36)19-6-4-5-17(14-19)8-12-22(35)30-18-9-10-18/h4-7,11,13-14,18,31H,8-10,12H2,1-3H3,(H,30,35)(H,32,36,38). The summed E-state index contributed by atoms with van der Waals surface area (Å²) in [6.07, 6.45) is 2.78. The minimum absolute atomic E-state index is 0.0250. The normalized spacial score (nSPS) is 13.1.